The monoisotopic (exact) mass is 261 g/mol. The van der Waals surface area contributed by atoms with Gasteiger partial charge in [-0.1, -0.05) is 29.8 Å². The minimum absolute atomic E-state index is 0.175. The van der Waals surface area contributed by atoms with E-state index in [1.54, 1.807) is 0 Å². The highest BCUT2D eigenvalue weighted by molar-refractivity contribution is 5.25. The van der Waals surface area contributed by atoms with E-state index >= 15 is 0 Å². The van der Waals surface area contributed by atoms with Crippen LogP contribution in [0.25, 0.3) is 0 Å². The van der Waals surface area contributed by atoms with Crippen molar-refractivity contribution in [3.05, 3.63) is 35.4 Å². The highest BCUT2D eigenvalue weighted by atomic mass is 16.5. The van der Waals surface area contributed by atoms with E-state index in [-0.39, 0.29) is 11.6 Å². The Morgan fingerprint density at radius 2 is 2.11 bits per heavy atom. The average Bonchev–Trinajstić information content (AvgIpc) is 2.36. The highest BCUT2D eigenvalue weighted by Gasteiger charge is 2.28. The van der Waals surface area contributed by atoms with Crippen molar-refractivity contribution in [3.8, 4) is 0 Å². The molecule has 1 heterocycles. The van der Waals surface area contributed by atoms with Gasteiger partial charge in [0, 0.05) is 24.6 Å². The molecule has 1 aliphatic rings. The molecule has 1 aromatic rings. The van der Waals surface area contributed by atoms with Crippen LogP contribution >= 0.6 is 0 Å². The minimum atomic E-state index is 0.175. The number of benzene rings is 1. The molecule has 2 heteroatoms. The van der Waals surface area contributed by atoms with Crippen molar-refractivity contribution < 1.29 is 4.74 Å². The van der Waals surface area contributed by atoms with Gasteiger partial charge >= 0.3 is 0 Å². The van der Waals surface area contributed by atoms with Crippen LogP contribution in [-0.2, 0) is 4.74 Å². The van der Waals surface area contributed by atoms with Gasteiger partial charge in [0.2, 0.25) is 0 Å². The molecular formula is C17H27NO. The summed E-state index contributed by atoms with van der Waals surface area (Å²) in [5, 5.41) is 3.63. The lowest BCUT2D eigenvalue weighted by Crippen LogP contribution is -2.41. The van der Waals surface area contributed by atoms with Crippen LogP contribution in [0.3, 0.4) is 0 Å². The summed E-state index contributed by atoms with van der Waals surface area (Å²) in [6.07, 6.45) is 2.68. The summed E-state index contributed by atoms with van der Waals surface area (Å²) in [7, 11) is 0. The summed E-state index contributed by atoms with van der Waals surface area (Å²) in [5.74, 6) is 0.578. The molecule has 19 heavy (non-hydrogen) atoms. The van der Waals surface area contributed by atoms with Crippen molar-refractivity contribution in [2.45, 2.75) is 52.2 Å². The summed E-state index contributed by atoms with van der Waals surface area (Å²) in [4.78, 5) is 0. The molecule has 0 bridgehead atoms. The second-order valence-electron chi connectivity index (χ2n) is 6.74. The maximum atomic E-state index is 6.06. The Morgan fingerprint density at radius 1 is 1.32 bits per heavy atom. The van der Waals surface area contributed by atoms with E-state index in [9.17, 15) is 0 Å². The topological polar surface area (TPSA) is 21.3 Å². The lowest BCUT2D eigenvalue weighted by molar-refractivity contribution is -0.0293. The average molecular weight is 261 g/mol. The molecule has 2 nitrogen and oxygen atoms in total. The van der Waals surface area contributed by atoms with Gasteiger partial charge in [0.15, 0.2) is 0 Å². The molecule has 0 saturated carbocycles. The molecule has 2 unspecified atom stereocenters. The van der Waals surface area contributed by atoms with Crippen molar-refractivity contribution in [1.29, 1.82) is 0 Å². The molecule has 0 radical (unpaired) electrons. The Labute approximate surface area is 117 Å². The lowest BCUT2D eigenvalue weighted by Gasteiger charge is -2.34. The third kappa shape index (κ3) is 4.32. The number of hydrogen-bond acceptors (Lipinski definition) is 2. The molecule has 1 saturated heterocycles. The van der Waals surface area contributed by atoms with E-state index in [0.717, 1.165) is 13.2 Å². The molecule has 0 spiro atoms. The number of ether oxygens (including phenoxy) is 1. The first-order chi connectivity index (χ1) is 8.96. The van der Waals surface area contributed by atoms with Crippen LogP contribution in [0, 0.1) is 12.8 Å². The molecule has 1 aromatic carbocycles. The SMILES string of the molecule is Cc1cccc(C2OCCCC2CNC(C)(C)C)c1. The van der Waals surface area contributed by atoms with Gasteiger partial charge in [0.1, 0.15) is 0 Å². The van der Waals surface area contributed by atoms with Crippen molar-refractivity contribution in [2.75, 3.05) is 13.2 Å². The summed E-state index contributed by atoms with van der Waals surface area (Å²) in [6.45, 7) is 10.7. The molecule has 0 aromatic heterocycles. The Hall–Kier alpha value is -0.860. The van der Waals surface area contributed by atoms with Crippen molar-refractivity contribution >= 4 is 0 Å². The Morgan fingerprint density at radius 3 is 2.79 bits per heavy atom. The molecule has 1 N–H and O–H groups in total. The van der Waals surface area contributed by atoms with Crippen LogP contribution in [0.5, 0.6) is 0 Å². The van der Waals surface area contributed by atoms with Crippen LogP contribution in [-0.4, -0.2) is 18.7 Å². The zero-order valence-corrected chi connectivity index (χ0v) is 12.7. The van der Waals surface area contributed by atoms with E-state index in [0.29, 0.717) is 5.92 Å². The number of hydrogen-bond donors (Lipinski definition) is 1. The molecule has 106 valence electrons. The van der Waals surface area contributed by atoms with E-state index in [2.05, 4.69) is 57.3 Å². The van der Waals surface area contributed by atoms with Gasteiger partial charge in [0.25, 0.3) is 0 Å². The first-order valence-corrected chi connectivity index (χ1v) is 7.39. The summed E-state index contributed by atoms with van der Waals surface area (Å²) >= 11 is 0. The number of aryl methyl sites for hydroxylation is 1. The first-order valence-electron chi connectivity index (χ1n) is 7.39. The fraction of sp³-hybridized carbons (Fsp3) is 0.647. The molecule has 2 atom stereocenters. The fourth-order valence-electron chi connectivity index (χ4n) is 2.71. The number of rotatable bonds is 3. The third-order valence-corrected chi connectivity index (χ3v) is 3.71. The van der Waals surface area contributed by atoms with Crippen molar-refractivity contribution in [1.82, 2.24) is 5.32 Å². The van der Waals surface area contributed by atoms with E-state index in [1.807, 2.05) is 0 Å². The van der Waals surface area contributed by atoms with Gasteiger partial charge in [-0.2, -0.15) is 0 Å². The first kappa shape index (κ1) is 14.5. The number of nitrogens with one attached hydrogen (secondary N) is 1. The molecule has 0 amide bonds. The molecule has 1 fully saturated rings. The standard InChI is InChI=1S/C17H27NO/c1-13-7-5-8-14(11-13)16-15(9-6-10-19-16)12-18-17(2,3)4/h5,7-8,11,15-16,18H,6,9-10,12H2,1-4H3. The van der Waals surface area contributed by atoms with Crippen molar-refractivity contribution in [3.63, 3.8) is 0 Å². The van der Waals surface area contributed by atoms with Gasteiger partial charge in [-0.3, -0.25) is 0 Å². The predicted molar refractivity (Wildman–Crippen MR) is 80.4 cm³/mol. The largest absolute Gasteiger partial charge is 0.373 e. The Bertz CT molecular complexity index is 408. The molecule has 2 rings (SSSR count). The minimum Gasteiger partial charge on any atom is -0.373 e. The normalized spacial score (nSPS) is 24.4. The van der Waals surface area contributed by atoms with Crippen molar-refractivity contribution in [2.24, 2.45) is 5.92 Å². The van der Waals surface area contributed by atoms with E-state index < -0.39 is 0 Å². The van der Waals surface area contributed by atoms with Crippen LogP contribution in [0.1, 0.15) is 50.8 Å². The van der Waals surface area contributed by atoms with Gasteiger partial charge in [-0.05, 0) is 46.1 Å². The summed E-state index contributed by atoms with van der Waals surface area (Å²) in [5.41, 5.74) is 2.82. The van der Waals surface area contributed by atoms with Crippen LogP contribution in [0.4, 0.5) is 0 Å². The Kier molecular flexibility index (Phi) is 4.64. The van der Waals surface area contributed by atoms with Gasteiger partial charge < -0.3 is 10.1 Å². The maximum Gasteiger partial charge on any atom is 0.0865 e. The third-order valence-electron chi connectivity index (χ3n) is 3.71. The fourth-order valence-corrected chi connectivity index (χ4v) is 2.71. The Balaban J connectivity index is 2.07. The van der Waals surface area contributed by atoms with E-state index in [1.165, 1.54) is 24.0 Å². The maximum absolute atomic E-state index is 6.06. The molecule has 1 aliphatic heterocycles. The van der Waals surface area contributed by atoms with Crippen LogP contribution in [0.2, 0.25) is 0 Å². The summed E-state index contributed by atoms with van der Waals surface area (Å²) in [6, 6.07) is 8.75. The van der Waals surface area contributed by atoms with Crippen LogP contribution in [0.15, 0.2) is 24.3 Å². The second kappa shape index (κ2) is 6.06. The lowest BCUT2D eigenvalue weighted by atomic mass is 9.88. The van der Waals surface area contributed by atoms with Gasteiger partial charge in [0.05, 0.1) is 6.10 Å². The highest BCUT2D eigenvalue weighted by Crippen LogP contribution is 2.33. The smallest absolute Gasteiger partial charge is 0.0865 e. The zero-order chi connectivity index (χ0) is 13.9. The quantitative estimate of drug-likeness (QED) is 0.892. The summed E-state index contributed by atoms with van der Waals surface area (Å²) < 4.78 is 6.06. The van der Waals surface area contributed by atoms with Gasteiger partial charge in [-0.15, -0.1) is 0 Å². The zero-order valence-electron chi connectivity index (χ0n) is 12.7. The molecular weight excluding hydrogens is 234 g/mol. The van der Waals surface area contributed by atoms with Crippen LogP contribution < -0.4 is 5.32 Å². The second-order valence-corrected chi connectivity index (χ2v) is 6.74. The predicted octanol–water partition coefficient (Wildman–Crippen LogP) is 3.85. The van der Waals surface area contributed by atoms with E-state index in [4.69, 9.17) is 4.74 Å². The van der Waals surface area contributed by atoms with Gasteiger partial charge in [-0.25, -0.2) is 0 Å². The molecule has 0 aliphatic carbocycles.